The molecule has 2 aliphatic rings. The zero-order valence-corrected chi connectivity index (χ0v) is 28.5. The number of nitrogens with zero attached hydrogens (tertiary/aromatic N) is 6. The van der Waals surface area contributed by atoms with Gasteiger partial charge in [0.05, 0.1) is 11.4 Å². The first kappa shape index (κ1) is 38.4. The van der Waals surface area contributed by atoms with Gasteiger partial charge in [0.15, 0.2) is 21.3 Å². The van der Waals surface area contributed by atoms with E-state index in [1.165, 1.54) is 0 Å². The molecule has 0 aromatic carbocycles. The molecule has 2 unspecified atom stereocenters. The van der Waals surface area contributed by atoms with Gasteiger partial charge in [-0.25, -0.2) is 15.4 Å². The van der Waals surface area contributed by atoms with E-state index < -0.39 is 70.0 Å². The molecule has 0 radical (unpaired) electrons. The van der Waals surface area contributed by atoms with Crippen molar-refractivity contribution in [3.05, 3.63) is 26.6 Å². The summed E-state index contributed by atoms with van der Waals surface area (Å²) in [6.45, 7) is 10.0. The number of anilines is 3. The van der Waals surface area contributed by atoms with Gasteiger partial charge >= 0.3 is 24.5 Å². The molecule has 2 amide bonds. The van der Waals surface area contributed by atoms with Crippen molar-refractivity contribution in [2.24, 2.45) is 5.84 Å². The Balaban J connectivity index is 0.000000256. The molecule has 0 bridgehead atoms. The van der Waals surface area contributed by atoms with E-state index in [9.17, 15) is 35.9 Å². The zero-order valence-electron chi connectivity index (χ0n) is 26.2. The summed E-state index contributed by atoms with van der Waals surface area (Å²) >= 11 is 17.6. The molecule has 2 atom stereocenters. The van der Waals surface area contributed by atoms with Crippen LogP contribution in [0.2, 0.25) is 15.5 Å². The Morgan fingerprint density at radius 2 is 1.04 bits per heavy atom. The number of amides is 2. The van der Waals surface area contributed by atoms with Crippen LogP contribution >= 0.6 is 34.8 Å². The van der Waals surface area contributed by atoms with Crippen LogP contribution < -0.4 is 21.1 Å². The molecule has 0 fully saturated rings. The Morgan fingerprint density at radius 3 is 1.40 bits per heavy atom. The number of hydrazine groups is 1. The third-order valence-electron chi connectivity index (χ3n) is 6.98. The standard InChI is InChI=1S/C13H14Cl2F3N3O2.C13H17ClF3N5O2/c1-11(2,3)23-10(22)21-5-12(4,13(16,17)18)6-7(21)9(15)20-19-8(6)14;1-11(2,3)24-10(23)22-5-12(4,13(15,16)17)6-7(22)9(19-18)21-20-8(6)14/h5H2,1-4H3;5,18H2,1-4H3,(H,19,21). The summed E-state index contributed by atoms with van der Waals surface area (Å²) in [4.78, 5) is 26.3. The first-order valence-electron chi connectivity index (χ1n) is 13.5. The van der Waals surface area contributed by atoms with E-state index >= 15 is 0 Å². The summed E-state index contributed by atoms with van der Waals surface area (Å²) in [7, 11) is 0. The lowest BCUT2D eigenvalue weighted by molar-refractivity contribution is -0.181. The van der Waals surface area contributed by atoms with E-state index in [-0.39, 0.29) is 33.5 Å². The molecule has 2 aromatic rings. The van der Waals surface area contributed by atoms with E-state index in [0.717, 1.165) is 23.6 Å². The van der Waals surface area contributed by atoms with Gasteiger partial charge in [0, 0.05) is 24.2 Å². The first-order valence-corrected chi connectivity index (χ1v) is 14.6. The fraction of sp³-hybridized carbons (Fsp3) is 0.615. The molecule has 0 spiro atoms. The Bertz CT molecular complexity index is 1570. The minimum atomic E-state index is -4.68. The highest BCUT2D eigenvalue weighted by Crippen LogP contribution is 2.55. The minimum absolute atomic E-state index is 0.188. The van der Waals surface area contributed by atoms with Gasteiger partial charge in [0.1, 0.15) is 22.0 Å². The zero-order chi connectivity index (χ0) is 36.3. The number of nitrogen functional groups attached to an aromatic ring is 1. The summed E-state index contributed by atoms with van der Waals surface area (Å²) in [5, 5.41) is 12.8. The van der Waals surface area contributed by atoms with Crippen LogP contribution in [-0.4, -0.2) is 69.2 Å². The Morgan fingerprint density at radius 1 is 0.702 bits per heavy atom. The molecule has 2 aliphatic heterocycles. The number of hydrogen-bond donors (Lipinski definition) is 2. The number of nitrogens with one attached hydrogen (secondary N) is 1. The molecule has 21 heteroatoms. The normalized spacial score (nSPS) is 21.1. The van der Waals surface area contributed by atoms with Crippen LogP contribution in [0.3, 0.4) is 0 Å². The molecule has 4 heterocycles. The molecule has 0 saturated heterocycles. The fourth-order valence-corrected chi connectivity index (χ4v) is 5.64. The summed E-state index contributed by atoms with van der Waals surface area (Å²) in [5.74, 6) is 5.10. The summed E-state index contributed by atoms with van der Waals surface area (Å²) in [6, 6.07) is 0. The number of nitrogens with two attached hydrogens (primary N) is 1. The third kappa shape index (κ3) is 7.34. The number of fused-ring (bicyclic) bond motifs is 2. The van der Waals surface area contributed by atoms with E-state index in [4.69, 9.17) is 50.1 Å². The van der Waals surface area contributed by atoms with Crippen LogP contribution in [0.1, 0.15) is 66.5 Å². The largest absolute Gasteiger partial charge is 0.443 e. The van der Waals surface area contributed by atoms with Crippen molar-refractivity contribution in [2.45, 2.75) is 89.8 Å². The van der Waals surface area contributed by atoms with Crippen molar-refractivity contribution in [3.8, 4) is 0 Å². The van der Waals surface area contributed by atoms with Gasteiger partial charge in [-0.15, -0.1) is 20.4 Å². The molecule has 262 valence electrons. The van der Waals surface area contributed by atoms with Gasteiger partial charge in [0.25, 0.3) is 0 Å². The van der Waals surface area contributed by atoms with Crippen molar-refractivity contribution in [1.82, 2.24) is 20.4 Å². The van der Waals surface area contributed by atoms with Crippen molar-refractivity contribution in [1.29, 1.82) is 0 Å². The third-order valence-corrected chi connectivity index (χ3v) is 7.76. The number of rotatable bonds is 1. The second-order valence-corrected chi connectivity index (χ2v) is 14.1. The van der Waals surface area contributed by atoms with Gasteiger partial charge in [-0.05, 0) is 55.4 Å². The van der Waals surface area contributed by atoms with Gasteiger partial charge < -0.3 is 14.9 Å². The second-order valence-electron chi connectivity index (χ2n) is 13.0. The van der Waals surface area contributed by atoms with E-state index in [1.54, 1.807) is 41.5 Å². The number of carbonyl (C=O) groups is 2. The van der Waals surface area contributed by atoms with Crippen LogP contribution in [0, 0.1) is 0 Å². The Hall–Kier alpha value is -3.09. The molecule has 0 saturated carbocycles. The predicted molar refractivity (Wildman–Crippen MR) is 161 cm³/mol. The molecule has 0 aliphatic carbocycles. The van der Waals surface area contributed by atoms with E-state index in [2.05, 4.69) is 25.8 Å². The van der Waals surface area contributed by atoms with Crippen LogP contribution in [0.4, 0.5) is 53.1 Å². The number of halogens is 9. The molecule has 47 heavy (non-hydrogen) atoms. The van der Waals surface area contributed by atoms with Crippen molar-refractivity contribution >= 4 is 64.2 Å². The summed E-state index contributed by atoms with van der Waals surface area (Å²) < 4.78 is 92.1. The number of aromatic nitrogens is 4. The van der Waals surface area contributed by atoms with Gasteiger partial charge in [-0.3, -0.25) is 9.80 Å². The number of carbonyl (C=O) groups excluding carboxylic acids is 2. The average molecular weight is 740 g/mol. The molecular weight excluding hydrogens is 709 g/mol. The second kappa shape index (κ2) is 12.4. The van der Waals surface area contributed by atoms with E-state index in [1.807, 2.05) is 0 Å². The monoisotopic (exact) mass is 738 g/mol. The Labute approximate surface area is 280 Å². The maximum Gasteiger partial charge on any atom is 0.414 e. The minimum Gasteiger partial charge on any atom is -0.443 e. The van der Waals surface area contributed by atoms with Gasteiger partial charge in [0.2, 0.25) is 0 Å². The van der Waals surface area contributed by atoms with Crippen molar-refractivity contribution in [2.75, 3.05) is 28.3 Å². The fourth-order valence-electron chi connectivity index (χ4n) is 4.73. The van der Waals surface area contributed by atoms with Gasteiger partial charge in [-0.1, -0.05) is 34.8 Å². The van der Waals surface area contributed by atoms with Crippen LogP contribution in [0.5, 0.6) is 0 Å². The lowest BCUT2D eigenvalue weighted by Gasteiger charge is -2.29. The molecular formula is C26H31Cl3F6N8O4. The first-order chi connectivity index (χ1) is 21.1. The SMILES string of the molecule is CC(C)(C)OC(=O)N1CC(C)(C(F)(F)F)c2c(Cl)nnc(Cl)c21.CC(C)(C)OC(=O)N1CC(C)(C(F)(F)F)c2c(Cl)nnc(NN)c21. The quantitative estimate of drug-likeness (QED) is 0.173. The number of ether oxygens (including phenoxy) is 2. The van der Waals surface area contributed by atoms with Crippen LogP contribution in [0.25, 0.3) is 0 Å². The molecule has 3 N–H and O–H groups in total. The highest BCUT2D eigenvalue weighted by atomic mass is 35.5. The predicted octanol–water partition coefficient (Wildman–Crippen LogP) is 7.35. The average Bonchev–Trinajstić information content (AvgIpc) is 3.40. The topological polar surface area (TPSA) is 149 Å². The van der Waals surface area contributed by atoms with E-state index in [0.29, 0.717) is 0 Å². The smallest absolute Gasteiger partial charge is 0.414 e. The highest BCUT2D eigenvalue weighted by Gasteiger charge is 2.62. The van der Waals surface area contributed by atoms with Crippen LogP contribution in [0.15, 0.2) is 0 Å². The van der Waals surface area contributed by atoms with Crippen molar-refractivity contribution in [3.63, 3.8) is 0 Å². The Kier molecular flexibility index (Phi) is 10.1. The number of alkyl halides is 6. The molecule has 12 nitrogen and oxygen atoms in total. The molecule has 2 aromatic heterocycles. The maximum absolute atomic E-state index is 13.7. The summed E-state index contributed by atoms with van der Waals surface area (Å²) in [6.07, 6.45) is -11.3. The number of hydrogen-bond acceptors (Lipinski definition) is 10. The lowest BCUT2D eigenvalue weighted by atomic mass is 9.85. The molecule has 4 rings (SSSR count). The lowest BCUT2D eigenvalue weighted by Crippen LogP contribution is -2.46. The highest BCUT2D eigenvalue weighted by molar-refractivity contribution is 6.35. The maximum atomic E-state index is 13.7. The summed E-state index contributed by atoms with van der Waals surface area (Å²) in [5.41, 5.74) is -5.65. The van der Waals surface area contributed by atoms with Crippen molar-refractivity contribution < 1.29 is 45.4 Å². The van der Waals surface area contributed by atoms with Crippen LogP contribution in [-0.2, 0) is 20.3 Å². The van der Waals surface area contributed by atoms with Gasteiger partial charge in [-0.2, -0.15) is 26.3 Å².